The van der Waals surface area contributed by atoms with Crippen LogP contribution in [0.15, 0.2) is 48.5 Å². The van der Waals surface area contributed by atoms with Gasteiger partial charge in [0.1, 0.15) is 5.82 Å². The standard InChI is InChI=1S/C21H25FN4O2/c22-19-8-6-16(7-9-19)13-23-20(27)24-14-17-4-3-5-18(12-17)15-25-21(28)26-10-1-2-11-26/h3-9,12H,1-2,10-11,13-15H2,(H,25,28)(H2,23,24,27). The summed E-state index contributed by atoms with van der Waals surface area (Å²) >= 11 is 0. The second-order valence-electron chi connectivity index (χ2n) is 6.84. The first-order valence-electron chi connectivity index (χ1n) is 9.47. The van der Waals surface area contributed by atoms with Gasteiger partial charge in [0.25, 0.3) is 0 Å². The van der Waals surface area contributed by atoms with Gasteiger partial charge in [0.15, 0.2) is 0 Å². The summed E-state index contributed by atoms with van der Waals surface area (Å²) < 4.78 is 12.9. The largest absolute Gasteiger partial charge is 0.334 e. The quantitative estimate of drug-likeness (QED) is 0.716. The van der Waals surface area contributed by atoms with Gasteiger partial charge in [0.05, 0.1) is 0 Å². The van der Waals surface area contributed by atoms with E-state index in [0.717, 1.165) is 42.6 Å². The number of nitrogens with one attached hydrogen (secondary N) is 3. The van der Waals surface area contributed by atoms with Crippen LogP contribution in [0, 0.1) is 5.82 Å². The van der Waals surface area contributed by atoms with Crippen molar-refractivity contribution in [2.24, 2.45) is 0 Å². The number of nitrogens with zero attached hydrogens (tertiary/aromatic N) is 1. The third kappa shape index (κ3) is 5.97. The molecular weight excluding hydrogens is 359 g/mol. The highest BCUT2D eigenvalue weighted by atomic mass is 19.1. The zero-order chi connectivity index (χ0) is 19.8. The summed E-state index contributed by atoms with van der Waals surface area (Å²) in [6, 6.07) is 13.4. The summed E-state index contributed by atoms with van der Waals surface area (Å²) in [6.07, 6.45) is 2.13. The topological polar surface area (TPSA) is 73.5 Å². The predicted octanol–water partition coefficient (Wildman–Crippen LogP) is 3.13. The maximum absolute atomic E-state index is 12.9. The van der Waals surface area contributed by atoms with Gasteiger partial charge in [-0.2, -0.15) is 0 Å². The lowest BCUT2D eigenvalue weighted by Gasteiger charge is -2.16. The molecule has 6 nitrogen and oxygen atoms in total. The monoisotopic (exact) mass is 384 g/mol. The van der Waals surface area contributed by atoms with Crippen molar-refractivity contribution in [1.29, 1.82) is 0 Å². The van der Waals surface area contributed by atoms with Crippen molar-refractivity contribution in [2.75, 3.05) is 13.1 Å². The number of carbonyl (C=O) groups excluding carboxylic acids is 2. The zero-order valence-corrected chi connectivity index (χ0v) is 15.7. The normalized spacial score (nSPS) is 13.2. The first-order chi connectivity index (χ1) is 13.6. The molecule has 2 aromatic carbocycles. The number of likely N-dealkylation sites (tertiary alicyclic amines) is 1. The summed E-state index contributed by atoms with van der Waals surface area (Å²) in [4.78, 5) is 25.8. The Morgan fingerprint density at radius 3 is 2.04 bits per heavy atom. The highest BCUT2D eigenvalue weighted by Crippen LogP contribution is 2.09. The summed E-state index contributed by atoms with van der Waals surface area (Å²) in [7, 11) is 0. The van der Waals surface area contributed by atoms with E-state index in [2.05, 4.69) is 16.0 Å². The van der Waals surface area contributed by atoms with E-state index in [1.807, 2.05) is 29.2 Å². The fourth-order valence-corrected chi connectivity index (χ4v) is 3.09. The molecule has 1 aliphatic rings. The first kappa shape index (κ1) is 19.7. The predicted molar refractivity (Wildman–Crippen MR) is 105 cm³/mol. The Morgan fingerprint density at radius 2 is 1.39 bits per heavy atom. The van der Waals surface area contributed by atoms with Crippen LogP contribution in [0.2, 0.25) is 0 Å². The molecule has 0 spiro atoms. The number of amides is 4. The summed E-state index contributed by atoms with van der Waals surface area (Å²) in [5.74, 6) is -0.301. The van der Waals surface area contributed by atoms with Gasteiger partial charge < -0.3 is 20.9 Å². The van der Waals surface area contributed by atoms with Crippen LogP contribution in [0.25, 0.3) is 0 Å². The number of hydrogen-bond donors (Lipinski definition) is 3. The lowest BCUT2D eigenvalue weighted by molar-refractivity contribution is 0.208. The van der Waals surface area contributed by atoms with Gasteiger partial charge in [-0.3, -0.25) is 0 Å². The van der Waals surface area contributed by atoms with E-state index in [1.54, 1.807) is 12.1 Å². The minimum absolute atomic E-state index is 0.0267. The Hall–Kier alpha value is -3.09. The molecule has 28 heavy (non-hydrogen) atoms. The van der Waals surface area contributed by atoms with Gasteiger partial charge in [-0.1, -0.05) is 36.4 Å². The summed E-state index contributed by atoms with van der Waals surface area (Å²) in [5.41, 5.74) is 2.76. The van der Waals surface area contributed by atoms with Crippen LogP contribution >= 0.6 is 0 Å². The number of benzene rings is 2. The number of rotatable bonds is 6. The minimum Gasteiger partial charge on any atom is -0.334 e. The Balaban J connectivity index is 1.41. The number of hydrogen-bond acceptors (Lipinski definition) is 2. The van der Waals surface area contributed by atoms with Gasteiger partial charge in [0, 0.05) is 32.7 Å². The number of carbonyl (C=O) groups is 2. The molecule has 0 unspecified atom stereocenters. The van der Waals surface area contributed by atoms with Crippen LogP contribution < -0.4 is 16.0 Å². The van der Waals surface area contributed by atoms with E-state index in [4.69, 9.17) is 0 Å². The fraction of sp³-hybridized carbons (Fsp3) is 0.333. The van der Waals surface area contributed by atoms with Crippen LogP contribution in [0.3, 0.4) is 0 Å². The van der Waals surface area contributed by atoms with E-state index in [-0.39, 0.29) is 17.9 Å². The highest BCUT2D eigenvalue weighted by Gasteiger charge is 2.17. The van der Waals surface area contributed by atoms with E-state index in [0.29, 0.717) is 19.6 Å². The Labute approximate surface area is 164 Å². The lowest BCUT2D eigenvalue weighted by atomic mass is 10.1. The molecule has 1 fully saturated rings. The molecule has 3 rings (SSSR count). The smallest absolute Gasteiger partial charge is 0.317 e. The molecule has 0 aliphatic carbocycles. The molecule has 0 radical (unpaired) electrons. The second kappa shape index (κ2) is 9.73. The Bertz CT molecular complexity index is 804. The van der Waals surface area contributed by atoms with Crippen LogP contribution in [-0.4, -0.2) is 30.1 Å². The molecule has 1 aliphatic heterocycles. The van der Waals surface area contributed by atoms with Gasteiger partial charge in [0.2, 0.25) is 0 Å². The van der Waals surface area contributed by atoms with Crippen molar-refractivity contribution >= 4 is 12.1 Å². The van der Waals surface area contributed by atoms with Gasteiger partial charge in [-0.25, -0.2) is 14.0 Å². The van der Waals surface area contributed by atoms with Crippen molar-refractivity contribution in [1.82, 2.24) is 20.9 Å². The number of halogens is 1. The van der Waals surface area contributed by atoms with E-state index < -0.39 is 0 Å². The molecule has 1 heterocycles. The summed E-state index contributed by atoms with van der Waals surface area (Å²) in [6.45, 7) is 2.81. The minimum atomic E-state index is -0.301. The zero-order valence-electron chi connectivity index (χ0n) is 15.7. The van der Waals surface area contributed by atoms with Crippen LogP contribution in [0.4, 0.5) is 14.0 Å². The van der Waals surface area contributed by atoms with Crippen molar-refractivity contribution < 1.29 is 14.0 Å². The molecule has 0 saturated carbocycles. The fourth-order valence-electron chi connectivity index (χ4n) is 3.09. The first-order valence-corrected chi connectivity index (χ1v) is 9.47. The van der Waals surface area contributed by atoms with E-state index >= 15 is 0 Å². The van der Waals surface area contributed by atoms with Gasteiger partial charge >= 0.3 is 12.1 Å². The van der Waals surface area contributed by atoms with Crippen molar-refractivity contribution in [3.05, 3.63) is 71.0 Å². The third-order valence-electron chi connectivity index (χ3n) is 4.65. The molecule has 7 heteroatoms. The van der Waals surface area contributed by atoms with Gasteiger partial charge in [-0.15, -0.1) is 0 Å². The van der Waals surface area contributed by atoms with Gasteiger partial charge in [-0.05, 0) is 41.7 Å². The molecule has 0 bridgehead atoms. The van der Waals surface area contributed by atoms with Crippen molar-refractivity contribution in [3.8, 4) is 0 Å². The molecule has 0 atom stereocenters. The Morgan fingerprint density at radius 1 is 0.821 bits per heavy atom. The molecule has 4 amide bonds. The van der Waals surface area contributed by atoms with E-state index in [1.165, 1.54) is 12.1 Å². The maximum atomic E-state index is 12.9. The van der Waals surface area contributed by atoms with Crippen LogP contribution in [0.5, 0.6) is 0 Å². The summed E-state index contributed by atoms with van der Waals surface area (Å²) in [5, 5.41) is 8.47. The molecule has 0 aromatic heterocycles. The molecule has 3 N–H and O–H groups in total. The van der Waals surface area contributed by atoms with Crippen molar-refractivity contribution in [3.63, 3.8) is 0 Å². The number of urea groups is 2. The van der Waals surface area contributed by atoms with Crippen LogP contribution in [-0.2, 0) is 19.6 Å². The van der Waals surface area contributed by atoms with Crippen LogP contribution in [0.1, 0.15) is 29.5 Å². The Kier molecular flexibility index (Phi) is 6.84. The third-order valence-corrected chi connectivity index (χ3v) is 4.65. The molecule has 2 aromatic rings. The second-order valence-corrected chi connectivity index (χ2v) is 6.84. The van der Waals surface area contributed by atoms with E-state index in [9.17, 15) is 14.0 Å². The van der Waals surface area contributed by atoms with Crippen molar-refractivity contribution in [2.45, 2.75) is 32.5 Å². The average molecular weight is 384 g/mol. The molecule has 1 saturated heterocycles. The highest BCUT2D eigenvalue weighted by molar-refractivity contribution is 5.74. The lowest BCUT2D eigenvalue weighted by Crippen LogP contribution is -2.37. The molecular formula is C21H25FN4O2. The molecule has 148 valence electrons. The average Bonchev–Trinajstić information content (AvgIpc) is 3.25. The maximum Gasteiger partial charge on any atom is 0.317 e. The SMILES string of the molecule is O=C(NCc1ccc(F)cc1)NCc1cccc(CNC(=O)N2CCCC2)c1.